The normalized spacial score (nSPS) is 15.8. The van der Waals surface area contributed by atoms with Crippen LogP contribution in [0, 0.1) is 6.92 Å². The van der Waals surface area contributed by atoms with Crippen LogP contribution in [0.3, 0.4) is 0 Å². The predicted octanol–water partition coefficient (Wildman–Crippen LogP) is 4.03. The van der Waals surface area contributed by atoms with E-state index in [1.165, 1.54) is 5.56 Å². The van der Waals surface area contributed by atoms with E-state index in [0.29, 0.717) is 0 Å². The number of carbonyl (C=O) groups is 1. The maximum Gasteiger partial charge on any atom is 0.257 e. The number of hydrogen-bond donors (Lipinski definition) is 2. The Kier molecular flexibility index (Phi) is 2.35. The summed E-state index contributed by atoms with van der Waals surface area (Å²) in [6.45, 7) is 2.07. The molecule has 2 aromatic heterocycles. The summed E-state index contributed by atoms with van der Waals surface area (Å²) in [6.07, 6.45) is 3.91. The summed E-state index contributed by atoms with van der Waals surface area (Å²) in [7, 11) is 0. The molecule has 1 aliphatic heterocycles. The number of thiophene rings is 1. The minimum Gasteiger partial charge on any atom is -0.361 e. The molecule has 3 nitrogen and oxygen atoms in total. The number of benzene rings is 1. The number of amides is 1. The number of aryl methyl sites for hydroxylation is 1. The molecule has 3 heterocycles. The van der Waals surface area contributed by atoms with Gasteiger partial charge in [0.1, 0.15) is 5.00 Å². The van der Waals surface area contributed by atoms with Gasteiger partial charge in [-0.1, -0.05) is 12.1 Å². The second kappa shape index (κ2) is 4.08. The maximum atomic E-state index is 12.0. The molecule has 4 heteroatoms. The molecule has 4 rings (SSSR count). The topological polar surface area (TPSA) is 44.9 Å². The highest BCUT2D eigenvalue weighted by molar-refractivity contribution is 7.15. The van der Waals surface area contributed by atoms with Crippen LogP contribution in [0.2, 0.25) is 0 Å². The largest absolute Gasteiger partial charge is 0.361 e. The van der Waals surface area contributed by atoms with Crippen LogP contribution in [-0.2, 0) is 4.79 Å². The molecule has 0 spiro atoms. The summed E-state index contributed by atoms with van der Waals surface area (Å²) in [5.41, 5.74) is 5.10. The zero-order valence-corrected chi connectivity index (χ0v) is 11.7. The van der Waals surface area contributed by atoms with Crippen molar-refractivity contribution in [1.29, 1.82) is 0 Å². The molecule has 2 N–H and O–H groups in total. The van der Waals surface area contributed by atoms with Gasteiger partial charge in [-0.15, -0.1) is 11.3 Å². The van der Waals surface area contributed by atoms with E-state index in [0.717, 1.165) is 32.6 Å². The number of aromatic nitrogens is 1. The van der Waals surface area contributed by atoms with Gasteiger partial charge in [-0.25, -0.2) is 0 Å². The van der Waals surface area contributed by atoms with E-state index >= 15 is 0 Å². The Balaban J connectivity index is 1.89. The van der Waals surface area contributed by atoms with E-state index in [2.05, 4.69) is 35.4 Å². The van der Waals surface area contributed by atoms with Gasteiger partial charge in [-0.3, -0.25) is 4.79 Å². The fraction of sp³-hybridized carbons (Fsp3) is 0.0625. The van der Waals surface area contributed by atoms with E-state index in [4.69, 9.17) is 0 Å². The van der Waals surface area contributed by atoms with Crippen LogP contribution < -0.4 is 5.32 Å². The lowest BCUT2D eigenvalue weighted by molar-refractivity contribution is -0.110. The molecule has 0 saturated heterocycles. The van der Waals surface area contributed by atoms with Gasteiger partial charge in [0.05, 0.1) is 5.57 Å². The van der Waals surface area contributed by atoms with Crippen LogP contribution in [0.4, 0.5) is 5.00 Å². The first kappa shape index (κ1) is 11.5. The number of hydrogen-bond acceptors (Lipinski definition) is 2. The molecule has 20 heavy (non-hydrogen) atoms. The molecule has 3 aromatic rings. The summed E-state index contributed by atoms with van der Waals surface area (Å²) in [5, 5.41) is 6.97. The first-order valence-electron chi connectivity index (χ1n) is 6.41. The SMILES string of the molecule is Cc1ccc2c(C=C3C(=O)Nc4sccc43)c[nH]c2c1. The van der Waals surface area contributed by atoms with Crippen molar-refractivity contribution in [1.82, 2.24) is 4.98 Å². The third-order valence-electron chi connectivity index (χ3n) is 3.60. The quantitative estimate of drug-likeness (QED) is 0.649. The zero-order valence-electron chi connectivity index (χ0n) is 10.9. The molecule has 0 fully saturated rings. The molecule has 0 bridgehead atoms. The summed E-state index contributed by atoms with van der Waals surface area (Å²) in [6, 6.07) is 8.28. The molecule has 1 aromatic carbocycles. The number of fused-ring (bicyclic) bond motifs is 2. The highest BCUT2D eigenvalue weighted by Crippen LogP contribution is 2.37. The third kappa shape index (κ3) is 1.62. The van der Waals surface area contributed by atoms with Crippen molar-refractivity contribution in [3.05, 3.63) is 52.5 Å². The van der Waals surface area contributed by atoms with Crippen molar-refractivity contribution >= 4 is 44.8 Å². The fourth-order valence-corrected chi connectivity index (χ4v) is 3.39. The minimum absolute atomic E-state index is 0.0201. The average molecular weight is 280 g/mol. The summed E-state index contributed by atoms with van der Waals surface area (Å²) >= 11 is 1.56. The number of carbonyl (C=O) groups excluding carboxylic acids is 1. The maximum absolute atomic E-state index is 12.0. The lowest BCUT2D eigenvalue weighted by Gasteiger charge is -1.97. The van der Waals surface area contributed by atoms with Crippen molar-refractivity contribution < 1.29 is 4.79 Å². The van der Waals surface area contributed by atoms with Gasteiger partial charge in [0, 0.05) is 28.2 Å². The van der Waals surface area contributed by atoms with Gasteiger partial charge in [-0.05, 0) is 36.1 Å². The van der Waals surface area contributed by atoms with E-state index in [1.54, 1.807) is 11.3 Å². The van der Waals surface area contributed by atoms with E-state index < -0.39 is 0 Å². The fourth-order valence-electron chi connectivity index (χ4n) is 2.59. The van der Waals surface area contributed by atoms with Crippen molar-refractivity contribution in [2.45, 2.75) is 6.92 Å². The molecule has 1 amide bonds. The van der Waals surface area contributed by atoms with Gasteiger partial charge in [0.25, 0.3) is 5.91 Å². The Bertz CT molecular complexity index is 870. The highest BCUT2D eigenvalue weighted by Gasteiger charge is 2.25. The Morgan fingerprint density at radius 3 is 3.05 bits per heavy atom. The molecular formula is C16H12N2OS. The van der Waals surface area contributed by atoms with Crippen LogP contribution >= 0.6 is 11.3 Å². The Hall–Kier alpha value is -2.33. The summed E-state index contributed by atoms with van der Waals surface area (Å²) < 4.78 is 0. The number of rotatable bonds is 1. The van der Waals surface area contributed by atoms with Crippen molar-refractivity contribution in [3.8, 4) is 0 Å². The molecule has 0 radical (unpaired) electrons. The van der Waals surface area contributed by atoms with Crippen molar-refractivity contribution in [2.75, 3.05) is 5.32 Å². The first-order valence-corrected chi connectivity index (χ1v) is 7.29. The van der Waals surface area contributed by atoms with Gasteiger partial charge in [0.15, 0.2) is 0 Å². The van der Waals surface area contributed by atoms with E-state index in [9.17, 15) is 4.79 Å². The Morgan fingerprint density at radius 1 is 1.25 bits per heavy atom. The van der Waals surface area contributed by atoms with E-state index in [1.807, 2.05) is 23.7 Å². The standard InChI is InChI=1S/C16H12N2OS/c1-9-2-3-11-10(8-17-14(11)6-9)7-13-12-4-5-20-16(12)18-15(13)19/h2-8,17H,1H3,(H,18,19). The van der Waals surface area contributed by atoms with Crippen molar-refractivity contribution in [2.24, 2.45) is 0 Å². The smallest absolute Gasteiger partial charge is 0.257 e. The molecule has 0 atom stereocenters. The highest BCUT2D eigenvalue weighted by atomic mass is 32.1. The average Bonchev–Trinajstić information content (AvgIpc) is 3.08. The van der Waals surface area contributed by atoms with E-state index in [-0.39, 0.29) is 5.91 Å². The lowest BCUT2D eigenvalue weighted by Crippen LogP contribution is -2.03. The second-order valence-corrected chi connectivity index (χ2v) is 5.88. The molecular weight excluding hydrogens is 268 g/mol. The molecule has 1 aliphatic rings. The van der Waals surface area contributed by atoms with Crippen LogP contribution in [0.5, 0.6) is 0 Å². The Morgan fingerprint density at radius 2 is 2.15 bits per heavy atom. The second-order valence-electron chi connectivity index (χ2n) is 4.97. The zero-order chi connectivity index (χ0) is 13.7. The van der Waals surface area contributed by atoms with Gasteiger partial charge < -0.3 is 10.3 Å². The van der Waals surface area contributed by atoms with Crippen LogP contribution in [0.1, 0.15) is 16.7 Å². The predicted molar refractivity (Wildman–Crippen MR) is 83.9 cm³/mol. The lowest BCUT2D eigenvalue weighted by atomic mass is 10.1. The minimum atomic E-state index is -0.0201. The van der Waals surface area contributed by atoms with Crippen LogP contribution in [0.25, 0.3) is 22.6 Å². The van der Waals surface area contributed by atoms with Crippen LogP contribution in [0.15, 0.2) is 35.8 Å². The summed E-state index contributed by atoms with van der Waals surface area (Å²) in [4.78, 5) is 15.3. The number of anilines is 1. The molecule has 0 saturated carbocycles. The van der Waals surface area contributed by atoms with Gasteiger partial charge in [0.2, 0.25) is 0 Å². The van der Waals surface area contributed by atoms with Gasteiger partial charge >= 0.3 is 0 Å². The third-order valence-corrected chi connectivity index (χ3v) is 4.43. The monoisotopic (exact) mass is 280 g/mol. The van der Waals surface area contributed by atoms with Crippen molar-refractivity contribution in [3.63, 3.8) is 0 Å². The van der Waals surface area contributed by atoms with Crippen LogP contribution in [-0.4, -0.2) is 10.9 Å². The summed E-state index contributed by atoms with van der Waals surface area (Å²) in [5.74, 6) is -0.0201. The number of H-pyrrole nitrogens is 1. The Labute approximate surface area is 119 Å². The number of aromatic amines is 1. The first-order chi connectivity index (χ1) is 9.72. The number of nitrogens with one attached hydrogen (secondary N) is 2. The molecule has 0 unspecified atom stereocenters. The molecule has 98 valence electrons. The molecule has 0 aliphatic carbocycles. The van der Waals surface area contributed by atoms with Gasteiger partial charge in [-0.2, -0.15) is 0 Å².